The second-order valence-electron chi connectivity index (χ2n) is 4.34. The Hall–Kier alpha value is 0.470. The van der Waals surface area contributed by atoms with Crippen LogP contribution in [-0.4, -0.2) is 10.7 Å². The van der Waals surface area contributed by atoms with Crippen molar-refractivity contribution >= 4 is 43.5 Å². The van der Waals surface area contributed by atoms with Crippen LogP contribution in [0.5, 0.6) is 0 Å². The van der Waals surface area contributed by atoms with Gasteiger partial charge in [0.2, 0.25) is 0 Å². The molecule has 0 saturated carbocycles. The summed E-state index contributed by atoms with van der Waals surface area (Å²) in [6.07, 6.45) is 1.06. The van der Waals surface area contributed by atoms with Gasteiger partial charge in [-0.05, 0) is 36.0 Å². The van der Waals surface area contributed by atoms with Gasteiger partial charge in [-0.3, -0.25) is 0 Å². The number of rotatable bonds is 4. The first kappa shape index (κ1) is 13.5. The van der Waals surface area contributed by atoms with Crippen molar-refractivity contribution in [3.8, 4) is 0 Å². The summed E-state index contributed by atoms with van der Waals surface area (Å²) in [4.78, 5) is 0. The molecule has 0 aromatic heterocycles. The molecule has 0 bridgehead atoms. The topological polar surface area (TPSA) is 0 Å². The van der Waals surface area contributed by atoms with Gasteiger partial charge in [0, 0.05) is 15.7 Å². The van der Waals surface area contributed by atoms with Crippen molar-refractivity contribution in [3.63, 3.8) is 0 Å². The van der Waals surface area contributed by atoms with Crippen molar-refractivity contribution in [2.75, 3.05) is 10.7 Å². The molecular weight excluding hydrogens is 339 g/mol. The van der Waals surface area contributed by atoms with Crippen LogP contribution in [0.15, 0.2) is 18.2 Å². The van der Waals surface area contributed by atoms with E-state index >= 15 is 0 Å². The smallest absolute Gasteiger partial charge is 0.0435 e. The first-order valence-electron chi connectivity index (χ1n) is 4.88. The van der Waals surface area contributed by atoms with Gasteiger partial charge in [0.1, 0.15) is 0 Å². The van der Waals surface area contributed by atoms with E-state index in [1.807, 2.05) is 13.0 Å². The normalized spacial score (nSPS) is 11.8. The largest absolute Gasteiger partial charge is 0.0922 e. The summed E-state index contributed by atoms with van der Waals surface area (Å²) in [5.41, 5.74) is 2.76. The van der Waals surface area contributed by atoms with Crippen LogP contribution in [0, 0.1) is 12.3 Å². The molecule has 0 N–H and O–H groups in total. The van der Waals surface area contributed by atoms with Crippen LogP contribution in [0.4, 0.5) is 0 Å². The minimum atomic E-state index is 0.264. The SMILES string of the molecule is Cc1cc(CC(C)(CBr)CBr)ccc1Cl. The molecule has 0 heterocycles. The van der Waals surface area contributed by atoms with Crippen LogP contribution in [-0.2, 0) is 6.42 Å². The highest BCUT2D eigenvalue weighted by molar-refractivity contribution is 9.09. The van der Waals surface area contributed by atoms with Gasteiger partial charge in [0.15, 0.2) is 0 Å². The molecule has 0 atom stereocenters. The Labute approximate surface area is 114 Å². The monoisotopic (exact) mass is 352 g/mol. The Morgan fingerprint density at radius 2 is 1.87 bits per heavy atom. The van der Waals surface area contributed by atoms with E-state index in [2.05, 4.69) is 50.9 Å². The number of hydrogen-bond donors (Lipinski definition) is 0. The standard InChI is InChI=1S/C12H15Br2Cl/c1-9-5-10(3-4-11(9)15)6-12(2,7-13)8-14/h3-5H,6-8H2,1-2H3. The van der Waals surface area contributed by atoms with E-state index in [0.717, 1.165) is 27.7 Å². The lowest BCUT2D eigenvalue weighted by atomic mass is 9.87. The highest BCUT2D eigenvalue weighted by Crippen LogP contribution is 2.28. The van der Waals surface area contributed by atoms with Crippen molar-refractivity contribution in [1.82, 2.24) is 0 Å². The third kappa shape index (κ3) is 3.76. The average molecular weight is 355 g/mol. The number of benzene rings is 1. The minimum absolute atomic E-state index is 0.264. The van der Waals surface area contributed by atoms with Gasteiger partial charge in [-0.15, -0.1) is 0 Å². The first-order valence-corrected chi connectivity index (χ1v) is 7.50. The summed E-state index contributed by atoms with van der Waals surface area (Å²) in [6.45, 7) is 4.31. The maximum atomic E-state index is 6.00. The van der Waals surface area contributed by atoms with Gasteiger partial charge >= 0.3 is 0 Å². The fraction of sp³-hybridized carbons (Fsp3) is 0.500. The van der Waals surface area contributed by atoms with Gasteiger partial charge in [0.25, 0.3) is 0 Å². The number of alkyl halides is 2. The fourth-order valence-corrected chi connectivity index (χ4v) is 2.88. The van der Waals surface area contributed by atoms with Gasteiger partial charge in [-0.1, -0.05) is 62.5 Å². The molecule has 0 unspecified atom stereocenters. The van der Waals surface area contributed by atoms with E-state index < -0.39 is 0 Å². The predicted octanol–water partition coefficient (Wildman–Crippen LogP) is 4.99. The molecule has 84 valence electrons. The molecule has 0 spiro atoms. The second kappa shape index (κ2) is 5.70. The summed E-state index contributed by atoms with van der Waals surface area (Å²) >= 11 is 13.1. The van der Waals surface area contributed by atoms with E-state index in [9.17, 15) is 0 Å². The van der Waals surface area contributed by atoms with Crippen molar-refractivity contribution in [2.24, 2.45) is 5.41 Å². The highest BCUT2D eigenvalue weighted by Gasteiger charge is 2.22. The molecule has 0 aliphatic rings. The zero-order chi connectivity index (χ0) is 11.5. The molecule has 1 aromatic carbocycles. The van der Waals surface area contributed by atoms with E-state index in [1.165, 1.54) is 5.56 Å². The molecule has 0 amide bonds. The quantitative estimate of drug-likeness (QED) is 0.669. The van der Waals surface area contributed by atoms with E-state index in [-0.39, 0.29) is 5.41 Å². The van der Waals surface area contributed by atoms with Crippen LogP contribution < -0.4 is 0 Å². The van der Waals surface area contributed by atoms with Crippen LogP contribution in [0.25, 0.3) is 0 Å². The van der Waals surface area contributed by atoms with Crippen molar-refractivity contribution in [3.05, 3.63) is 34.3 Å². The van der Waals surface area contributed by atoms with Crippen LogP contribution >= 0.6 is 43.5 Å². The zero-order valence-corrected chi connectivity index (χ0v) is 12.9. The van der Waals surface area contributed by atoms with E-state index in [1.54, 1.807) is 0 Å². The molecule has 3 heteroatoms. The molecule has 1 rings (SSSR count). The molecule has 0 fully saturated rings. The summed E-state index contributed by atoms with van der Waals surface area (Å²) < 4.78 is 0. The first-order chi connectivity index (χ1) is 7.00. The van der Waals surface area contributed by atoms with Gasteiger partial charge in [0.05, 0.1) is 0 Å². The third-order valence-corrected chi connectivity index (χ3v) is 5.63. The van der Waals surface area contributed by atoms with Gasteiger partial charge in [-0.25, -0.2) is 0 Å². The molecule has 0 aliphatic heterocycles. The summed E-state index contributed by atoms with van der Waals surface area (Å²) in [7, 11) is 0. The minimum Gasteiger partial charge on any atom is -0.0922 e. The molecule has 0 radical (unpaired) electrons. The maximum absolute atomic E-state index is 6.00. The summed E-state index contributed by atoms with van der Waals surface area (Å²) in [6, 6.07) is 6.26. The van der Waals surface area contributed by atoms with Crippen LogP contribution in [0.3, 0.4) is 0 Å². The Morgan fingerprint density at radius 3 is 2.33 bits per heavy atom. The van der Waals surface area contributed by atoms with Gasteiger partial charge < -0.3 is 0 Å². The van der Waals surface area contributed by atoms with Crippen molar-refractivity contribution in [1.29, 1.82) is 0 Å². The molecule has 0 aliphatic carbocycles. The number of hydrogen-bond acceptors (Lipinski definition) is 0. The molecule has 0 nitrogen and oxygen atoms in total. The van der Waals surface area contributed by atoms with Crippen molar-refractivity contribution < 1.29 is 0 Å². The van der Waals surface area contributed by atoms with Crippen molar-refractivity contribution in [2.45, 2.75) is 20.3 Å². The Kier molecular flexibility index (Phi) is 5.14. The third-order valence-electron chi connectivity index (χ3n) is 2.50. The van der Waals surface area contributed by atoms with Crippen LogP contribution in [0.2, 0.25) is 5.02 Å². The number of halogens is 3. The Balaban J connectivity index is 2.85. The predicted molar refractivity (Wildman–Crippen MR) is 75.6 cm³/mol. The molecule has 1 aromatic rings. The number of aryl methyl sites for hydroxylation is 1. The lowest BCUT2D eigenvalue weighted by Gasteiger charge is -2.25. The molecular formula is C12H15Br2Cl. The lowest BCUT2D eigenvalue weighted by Crippen LogP contribution is -2.23. The van der Waals surface area contributed by atoms with Crippen LogP contribution in [0.1, 0.15) is 18.1 Å². The Morgan fingerprint density at radius 1 is 1.27 bits per heavy atom. The lowest BCUT2D eigenvalue weighted by molar-refractivity contribution is 0.438. The maximum Gasteiger partial charge on any atom is 0.0435 e. The zero-order valence-electron chi connectivity index (χ0n) is 8.99. The summed E-state index contributed by atoms with van der Waals surface area (Å²) in [5, 5.41) is 2.83. The summed E-state index contributed by atoms with van der Waals surface area (Å²) in [5.74, 6) is 0. The van der Waals surface area contributed by atoms with Gasteiger partial charge in [-0.2, -0.15) is 0 Å². The fourth-order valence-electron chi connectivity index (χ4n) is 1.44. The second-order valence-corrected chi connectivity index (χ2v) is 5.87. The molecule has 0 saturated heterocycles. The highest BCUT2D eigenvalue weighted by atomic mass is 79.9. The molecule has 15 heavy (non-hydrogen) atoms. The van der Waals surface area contributed by atoms with E-state index in [4.69, 9.17) is 11.6 Å². The Bertz CT molecular complexity index is 332. The van der Waals surface area contributed by atoms with E-state index in [0.29, 0.717) is 0 Å². The average Bonchev–Trinajstić information content (AvgIpc) is 2.23.